The molecule has 0 saturated carbocycles. The van der Waals surface area contributed by atoms with Gasteiger partial charge in [0.1, 0.15) is 0 Å². The van der Waals surface area contributed by atoms with Crippen LogP contribution in [-0.4, -0.2) is 45.4 Å². The molecule has 0 atom stereocenters. The van der Waals surface area contributed by atoms with Crippen LogP contribution in [0, 0.1) is 0 Å². The zero-order valence-corrected chi connectivity index (χ0v) is 19.4. The van der Waals surface area contributed by atoms with E-state index in [2.05, 4.69) is 9.62 Å². The SMILES string of the molecule is O=C(c1cccc(S(=O)(=O)Nc2cccc(Cl)c2)c1)N1CCN(c2ccccc2Cl)CC1. The summed E-state index contributed by atoms with van der Waals surface area (Å²) in [5.41, 5.74) is 1.62. The lowest BCUT2D eigenvalue weighted by Gasteiger charge is -2.36. The highest BCUT2D eigenvalue weighted by molar-refractivity contribution is 7.92. The summed E-state index contributed by atoms with van der Waals surface area (Å²) >= 11 is 12.2. The Morgan fingerprint density at radius 1 is 0.844 bits per heavy atom. The third-order valence-electron chi connectivity index (χ3n) is 5.23. The molecule has 1 aliphatic heterocycles. The molecule has 0 bridgehead atoms. The molecule has 0 unspecified atom stereocenters. The number of halogens is 2. The summed E-state index contributed by atoms with van der Waals surface area (Å²) in [5.74, 6) is -0.205. The van der Waals surface area contributed by atoms with Crippen LogP contribution in [0.3, 0.4) is 0 Å². The Labute approximate surface area is 197 Å². The minimum atomic E-state index is -3.87. The second kappa shape index (κ2) is 9.40. The van der Waals surface area contributed by atoms with Gasteiger partial charge < -0.3 is 9.80 Å². The molecule has 4 rings (SSSR count). The lowest BCUT2D eigenvalue weighted by molar-refractivity contribution is 0.0746. The molecule has 3 aromatic carbocycles. The van der Waals surface area contributed by atoms with E-state index in [0.29, 0.717) is 47.5 Å². The van der Waals surface area contributed by atoms with Gasteiger partial charge in [-0.3, -0.25) is 9.52 Å². The molecule has 6 nitrogen and oxygen atoms in total. The lowest BCUT2D eigenvalue weighted by atomic mass is 10.1. The second-order valence-corrected chi connectivity index (χ2v) is 9.90. The number of benzene rings is 3. The Kier molecular flexibility index (Phi) is 6.60. The zero-order valence-electron chi connectivity index (χ0n) is 17.0. The summed E-state index contributed by atoms with van der Waals surface area (Å²) in [6.45, 7) is 2.32. The quantitative estimate of drug-likeness (QED) is 0.560. The summed E-state index contributed by atoms with van der Waals surface area (Å²) in [6.07, 6.45) is 0. The number of rotatable bonds is 5. The van der Waals surface area contributed by atoms with E-state index in [1.54, 1.807) is 35.2 Å². The van der Waals surface area contributed by atoms with Crippen molar-refractivity contribution in [3.63, 3.8) is 0 Å². The van der Waals surface area contributed by atoms with E-state index >= 15 is 0 Å². The standard InChI is InChI=1S/C23H21Cl2N3O3S/c24-18-6-4-7-19(16-18)26-32(30,31)20-8-3-5-17(15-20)23(29)28-13-11-27(12-14-28)22-10-2-1-9-21(22)25/h1-10,15-16,26H,11-14H2. The molecular formula is C23H21Cl2N3O3S. The number of anilines is 2. The van der Waals surface area contributed by atoms with E-state index in [1.165, 1.54) is 18.2 Å². The molecule has 166 valence electrons. The highest BCUT2D eigenvalue weighted by Crippen LogP contribution is 2.26. The third-order valence-corrected chi connectivity index (χ3v) is 7.16. The average Bonchev–Trinajstić information content (AvgIpc) is 2.79. The molecule has 0 spiro atoms. The van der Waals surface area contributed by atoms with Crippen molar-refractivity contribution < 1.29 is 13.2 Å². The van der Waals surface area contributed by atoms with Crippen molar-refractivity contribution in [2.24, 2.45) is 0 Å². The summed E-state index contributed by atoms with van der Waals surface area (Å²) in [5, 5.41) is 1.10. The second-order valence-electron chi connectivity index (χ2n) is 7.37. The molecule has 1 heterocycles. The minimum absolute atomic E-state index is 0.0121. The van der Waals surface area contributed by atoms with Gasteiger partial charge in [0, 0.05) is 36.8 Å². The maximum Gasteiger partial charge on any atom is 0.261 e. The number of amides is 1. The fraction of sp³-hybridized carbons (Fsp3) is 0.174. The number of hydrogen-bond donors (Lipinski definition) is 1. The fourth-order valence-corrected chi connectivity index (χ4v) is 5.14. The minimum Gasteiger partial charge on any atom is -0.367 e. The summed E-state index contributed by atoms with van der Waals surface area (Å²) < 4.78 is 28.1. The highest BCUT2D eigenvalue weighted by atomic mass is 35.5. The van der Waals surface area contributed by atoms with Crippen LogP contribution in [0.1, 0.15) is 10.4 Å². The molecule has 0 aliphatic carbocycles. The molecule has 9 heteroatoms. The van der Waals surface area contributed by atoms with Crippen LogP contribution in [0.25, 0.3) is 0 Å². The van der Waals surface area contributed by atoms with Gasteiger partial charge in [-0.2, -0.15) is 0 Å². The van der Waals surface area contributed by atoms with Crippen molar-refractivity contribution >= 4 is 50.5 Å². The maximum absolute atomic E-state index is 13.0. The molecule has 1 N–H and O–H groups in total. The van der Waals surface area contributed by atoms with Crippen molar-refractivity contribution in [3.8, 4) is 0 Å². The van der Waals surface area contributed by atoms with Crippen LogP contribution in [0.4, 0.5) is 11.4 Å². The van der Waals surface area contributed by atoms with Crippen molar-refractivity contribution in [2.75, 3.05) is 35.8 Å². The van der Waals surface area contributed by atoms with Gasteiger partial charge in [-0.15, -0.1) is 0 Å². The van der Waals surface area contributed by atoms with E-state index < -0.39 is 10.0 Å². The van der Waals surface area contributed by atoms with Crippen molar-refractivity contribution in [3.05, 3.63) is 88.4 Å². The van der Waals surface area contributed by atoms with Crippen LogP contribution < -0.4 is 9.62 Å². The molecule has 32 heavy (non-hydrogen) atoms. The Hall–Kier alpha value is -2.74. The van der Waals surface area contributed by atoms with Crippen molar-refractivity contribution in [2.45, 2.75) is 4.90 Å². The lowest BCUT2D eigenvalue weighted by Crippen LogP contribution is -2.48. The number of nitrogens with zero attached hydrogens (tertiary/aromatic N) is 2. The van der Waals surface area contributed by atoms with Gasteiger partial charge in [-0.05, 0) is 48.5 Å². The van der Waals surface area contributed by atoms with E-state index in [4.69, 9.17) is 23.2 Å². The van der Waals surface area contributed by atoms with Crippen LogP contribution in [0.5, 0.6) is 0 Å². The largest absolute Gasteiger partial charge is 0.367 e. The molecule has 3 aromatic rings. The number of sulfonamides is 1. The monoisotopic (exact) mass is 489 g/mol. The van der Waals surface area contributed by atoms with Crippen LogP contribution >= 0.6 is 23.2 Å². The van der Waals surface area contributed by atoms with E-state index in [-0.39, 0.29) is 10.8 Å². The summed E-state index contributed by atoms with van der Waals surface area (Å²) in [7, 11) is -3.87. The van der Waals surface area contributed by atoms with Gasteiger partial charge in [0.25, 0.3) is 15.9 Å². The van der Waals surface area contributed by atoms with Gasteiger partial charge in [0.05, 0.1) is 21.3 Å². The van der Waals surface area contributed by atoms with Crippen LogP contribution in [-0.2, 0) is 10.0 Å². The first kappa shape index (κ1) is 22.5. The average molecular weight is 490 g/mol. The predicted octanol–water partition coefficient (Wildman–Crippen LogP) is 4.76. The molecule has 1 fully saturated rings. The molecular weight excluding hydrogens is 469 g/mol. The Morgan fingerprint density at radius 2 is 1.56 bits per heavy atom. The number of para-hydroxylation sites is 1. The van der Waals surface area contributed by atoms with Crippen LogP contribution in [0.15, 0.2) is 77.7 Å². The molecule has 1 aliphatic rings. The van der Waals surface area contributed by atoms with Gasteiger partial charge >= 0.3 is 0 Å². The smallest absolute Gasteiger partial charge is 0.261 e. The predicted molar refractivity (Wildman–Crippen MR) is 128 cm³/mol. The first-order chi connectivity index (χ1) is 15.3. The summed E-state index contributed by atoms with van der Waals surface area (Å²) in [6, 6.07) is 20.1. The normalized spacial score (nSPS) is 14.3. The fourth-order valence-electron chi connectivity index (χ4n) is 3.60. The van der Waals surface area contributed by atoms with Gasteiger partial charge in [0.2, 0.25) is 0 Å². The molecule has 1 saturated heterocycles. The van der Waals surface area contributed by atoms with E-state index in [0.717, 1.165) is 5.69 Å². The number of nitrogens with one attached hydrogen (secondary N) is 1. The highest BCUT2D eigenvalue weighted by Gasteiger charge is 2.24. The van der Waals surface area contributed by atoms with Gasteiger partial charge in [-0.25, -0.2) is 8.42 Å². The van der Waals surface area contributed by atoms with E-state index in [9.17, 15) is 13.2 Å². The Morgan fingerprint density at radius 3 is 2.28 bits per heavy atom. The van der Waals surface area contributed by atoms with Crippen molar-refractivity contribution in [1.29, 1.82) is 0 Å². The first-order valence-electron chi connectivity index (χ1n) is 10.0. The first-order valence-corrected chi connectivity index (χ1v) is 12.2. The van der Waals surface area contributed by atoms with E-state index in [1.807, 2.05) is 24.3 Å². The molecule has 1 amide bonds. The van der Waals surface area contributed by atoms with Crippen LogP contribution in [0.2, 0.25) is 10.0 Å². The zero-order chi connectivity index (χ0) is 22.7. The Balaban J connectivity index is 1.46. The number of piperazine rings is 1. The number of hydrogen-bond acceptors (Lipinski definition) is 4. The maximum atomic E-state index is 13.0. The molecule has 0 aromatic heterocycles. The van der Waals surface area contributed by atoms with Gasteiger partial charge in [0.15, 0.2) is 0 Å². The summed E-state index contributed by atoms with van der Waals surface area (Å²) in [4.78, 5) is 16.9. The number of carbonyl (C=O) groups excluding carboxylic acids is 1. The Bertz CT molecular complexity index is 1240. The third kappa shape index (κ3) is 5.01. The van der Waals surface area contributed by atoms with Crippen molar-refractivity contribution in [1.82, 2.24) is 4.90 Å². The number of carbonyl (C=O) groups is 1. The topological polar surface area (TPSA) is 69.7 Å². The van der Waals surface area contributed by atoms with Gasteiger partial charge in [-0.1, -0.05) is 47.5 Å². The molecule has 0 radical (unpaired) electrons.